The minimum atomic E-state index is 0.163. The lowest BCUT2D eigenvalue weighted by Crippen LogP contribution is -2.44. The number of nitrogens with two attached hydrogens (primary N) is 1. The number of aryl methyl sites for hydroxylation is 2. The van der Waals surface area contributed by atoms with Crippen LogP contribution < -0.4 is 5.73 Å². The Hall–Kier alpha value is -2.57. The molecule has 0 radical (unpaired) electrons. The van der Waals surface area contributed by atoms with Crippen LogP contribution in [0.1, 0.15) is 43.5 Å². The molecule has 1 saturated heterocycles. The summed E-state index contributed by atoms with van der Waals surface area (Å²) in [4.78, 5) is 18.7. The van der Waals surface area contributed by atoms with Gasteiger partial charge in [0.05, 0.1) is 0 Å². The third-order valence-electron chi connectivity index (χ3n) is 4.75. The largest absolute Gasteiger partial charge is 0.508 e. The van der Waals surface area contributed by atoms with Gasteiger partial charge in [0, 0.05) is 25.4 Å². The van der Waals surface area contributed by atoms with Crippen molar-refractivity contribution in [2.75, 3.05) is 12.3 Å². The van der Waals surface area contributed by atoms with E-state index in [-0.39, 0.29) is 17.9 Å². The third kappa shape index (κ3) is 4.71. The smallest absolute Gasteiger partial charge is 0.239 e. The maximum absolute atomic E-state index is 12.6. The number of amides is 1. The first-order valence-corrected chi connectivity index (χ1v) is 8.86. The summed E-state index contributed by atoms with van der Waals surface area (Å²) in [7, 11) is 0. The van der Waals surface area contributed by atoms with Gasteiger partial charge in [-0.05, 0) is 49.8 Å². The van der Waals surface area contributed by atoms with Gasteiger partial charge in [0.1, 0.15) is 11.6 Å². The Labute approximate surface area is 147 Å². The highest BCUT2D eigenvalue weighted by Crippen LogP contribution is 2.23. The molecule has 1 aromatic heterocycles. The van der Waals surface area contributed by atoms with E-state index in [1.807, 2.05) is 17.0 Å². The summed E-state index contributed by atoms with van der Waals surface area (Å²) in [5.74, 6) is 1.32. The molecule has 3 rings (SSSR count). The fourth-order valence-electron chi connectivity index (χ4n) is 3.47. The molecule has 0 aliphatic carbocycles. The number of hydrogen-bond acceptors (Lipinski definition) is 5. The number of benzene rings is 1. The van der Waals surface area contributed by atoms with Crippen molar-refractivity contribution in [2.24, 2.45) is 0 Å². The first kappa shape index (κ1) is 17.3. The SMILES string of the molecule is Nc1n[nH]c(CCC(=O)N2CCCCC2CCc2cccc(O)c2)n1. The lowest BCUT2D eigenvalue weighted by atomic mass is 9.95. The zero-order valence-electron chi connectivity index (χ0n) is 14.3. The molecule has 1 aromatic carbocycles. The zero-order valence-corrected chi connectivity index (χ0v) is 14.3. The highest BCUT2D eigenvalue weighted by molar-refractivity contribution is 5.76. The van der Waals surface area contributed by atoms with Crippen LogP contribution in [-0.2, 0) is 17.6 Å². The molecule has 0 spiro atoms. The lowest BCUT2D eigenvalue weighted by molar-refractivity contribution is -0.135. The van der Waals surface area contributed by atoms with Crippen LogP contribution in [0.3, 0.4) is 0 Å². The molecule has 0 bridgehead atoms. The topological polar surface area (TPSA) is 108 Å². The average Bonchev–Trinajstić information content (AvgIpc) is 3.03. The molecule has 2 heterocycles. The van der Waals surface area contributed by atoms with Crippen molar-refractivity contribution in [2.45, 2.75) is 51.0 Å². The number of nitrogen functional groups attached to an aromatic ring is 1. The summed E-state index contributed by atoms with van der Waals surface area (Å²) in [5.41, 5.74) is 6.60. The number of carbonyl (C=O) groups is 1. The zero-order chi connectivity index (χ0) is 17.6. The van der Waals surface area contributed by atoms with Gasteiger partial charge in [-0.15, -0.1) is 5.10 Å². The Morgan fingerprint density at radius 1 is 1.36 bits per heavy atom. The van der Waals surface area contributed by atoms with Crippen molar-refractivity contribution in [3.8, 4) is 5.75 Å². The molecule has 7 heteroatoms. The minimum absolute atomic E-state index is 0.163. The van der Waals surface area contributed by atoms with Crippen molar-refractivity contribution in [3.63, 3.8) is 0 Å². The van der Waals surface area contributed by atoms with Crippen molar-refractivity contribution in [1.29, 1.82) is 0 Å². The predicted molar refractivity (Wildman–Crippen MR) is 94.9 cm³/mol. The number of nitrogens with zero attached hydrogens (tertiary/aromatic N) is 3. The number of likely N-dealkylation sites (tertiary alicyclic amines) is 1. The number of aromatic amines is 1. The Kier molecular flexibility index (Phi) is 5.53. The molecule has 1 atom stereocenters. The van der Waals surface area contributed by atoms with E-state index in [0.29, 0.717) is 24.4 Å². The summed E-state index contributed by atoms with van der Waals surface area (Å²) in [5, 5.41) is 16.1. The fraction of sp³-hybridized carbons (Fsp3) is 0.500. The first-order chi connectivity index (χ1) is 12.1. The minimum Gasteiger partial charge on any atom is -0.508 e. The van der Waals surface area contributed by atoms with Gasteiger partial charge in [0.25, 0.3) is 0 Å². The van der Waals surface area contributed by atoms with Crippen LogP contribution in [0.2, 0.25) is 0 Å². The van der Waals surface area contributed by atoms with Crippen molar-refractivity contribution in [1.82, 2.24) is 20.1 Å². The molecule has 1 aliphatic rings. The van der Waals surface area contributed by atoms with Crippen molar-refractivity contribution in [3.05, 3.63) is 35.7 Å². The van der Waals surface area contributed by atoms with Gasteiger partial charge < -0.3 is 15.7 Å². The lowest BCUT2D eigenvalue weighted by Gasteiger charge is -2.36. The van der Waals surface area contributed by atoms with E-state index >= 15 is 0 Å². The van der Waals surface area contributed by atoms with Crippen LogP contribution in [0, 0.1) is 0 Å². The van der Waals surface area contributed by atoms with E-state index in [1.54, 1.807) is 12.1 Å². The van der Waals surface area contributed by atoms with Crippen LogP contribution in [0.15, 0.2) is 24.3 Å². The Bertz CT molecular complexity index is 715. The van der Waals surface area contributed by atoms with Crippen LogP contribution >= 0.6 is 0 Å². The number of phenols is 1. The van der Waals surface area contributed by atoms with E-state index in [0.717, 1.165) is 44.2 Å². The van der Waals surface area contributed by atoms with E-state index in [4.69, 9.17) is 5.73 Å². The molecule has 1 unspecified atom stereocenters. The van der Waals surface area contributed by atoms with Gasteiger partial charge in [0.2, 0.25) is 11.9 Å². The number of rotatable bonds is 6. The molecule has 25 heavy (non-hydrogen) atoms. The Morgan fingerprint density at radius 2 is 2.24 bits per heavy atom. The summed E-state index contributed by atoms with van der Waals surface area (Å²) < 4.78 is 0. The van der Waals surface area contributed by atoms with Crippen molar-refractivity contribution < 1.29 is 9.90 Å². The number of piperidine rings is 1. The van der Waals surface area contributed by atoms with E-state index in [1.165, 1.54) is 0 Å². The number of nitrogens with one attached hydrogen (secondary N) is 1. The van der Waals surface area contributed by atoms with Gasteiger partial charge >= 0.3 is 0 Å². The summed E-state index contributed by atoms with van der Waals surface area (Å²) in [6.45, 7) is 0.822. The number of anilines is 1. The quantitative estimate of drug-likeness (QED) is 0.744. The molecule has 4 N–H and O–H groups in total. The average molecular weight is 343 g/mol. The van der Waals surface area contributed by atoms with Crippen LogP contribution in [0.25, 0.3) is 0 Å². The second-order valence-corrected chi connectivity index (χ2v) is 6.59. The maximum atomic E-state index is 12.6. The van der Waals surface area contributed by atoms with Crippen molar-refractivity contribution >= 4 is 11.9 Å². The van der Waals surface area contributed by atoms with E-state index in [9.17, 15) is 9.90 Å². The molecule has 1 fully saturated rings. The summed E-state index contributed by atoms with van der Waals surface area (Å²) in [6, 6.07) is 7.61. The van der Waals surface area contributed by atoms with Gasteiger partial charge in [-0.25, -0.2) is 0 Å². The van der Waals surface area contributed by atoms with Crippen LogP contribution in [0.5, 0.6) is 5.75 Å². The molecule has 134 valence electrons. The van der Waals surface area contributed by atoms with E-state index < -0.39 is 0 Å². The number of H-pyrrole nitrogens is 1. The second-order valence-electron chi connectivity index (χ2n) is 6.59. The molecule has 7 nitrogen and oxygen atoms in total. The second kappa shape index (κ2) is 8.00. The predicted octanol–water partition coefficient (Wildman–Crippen LogP) is 2.04. The maximum Gasteiger partial charge on any atom is 0.239 e. The molecular formula is C18H25N5O2. The third-order valence-corrected chi connectivity index (χ3v) is 4.75. The normalized spacial score (nSPS) is 17.6. The van der Waals surface area contributed by atoms with Gasteiger partial charge in [-0.1, -0.05) is 12.1 Å². The summed E-state index contributed by atoms with van der Waals surface area (Å²) in [6.07, 6.45) is 5.98. The fourth-order valence-corrected chi connectivity index (χ4v) is 3.47. The molecule has 0 saturated carbocycles. The van der Waals surface area contributed by atoms with Gasteiger partial charge in [-0.3, -0.25) is 9.89 Å². The monoisotopic (exact) mass is 343 g/mol. The molecule has 1 aliphatic heterocycles. The summed E-state index contributed by atoms with van der Waals surface area (Å²) >= 11 is 0. The Morgan fingerprint density at radius 3 is 3.00 bits per heavy atom. The highest BCUT2D eigenvalue weighted by Gasteiger charge is 2.26. The standard InChI is InChI=1S/C18H25N5O2/c19-18-20-16(21-22-18)9-10-17(25)23-11-2-1-5-14(23)8-7-13-4-3-6-15(24)12-13/h3-4,6,12,14,24H,1-2,5,7-11H2,(H3,19,20,21,22). The number of aromatic hydroxyl groups is 1. The number of phenolic OH excluding ortho intramolecular Hbond substituents is 1. The molecular weight excluding hydrogens is 318 g/mol. The molecule has 1 amide bonds. The molecule has 2 aromatic rings. The first-order valence-electron chi connectivity index (χ1n) is 8.86. The van der Waals surface area contributed by atoms with Crippen LogP contribution in [-0.4, -0.2) is 43.7 Å². The number of aromatic nitrogens is 3. The number of carbonyl (C=O) groups excluding carboxylic acids is 1. The number of hydrogen-bond donors (Lipinski definition) is 3. The Balaban J connectivity index is 1.55. The highest BCUT2D eigenvalue weighted by atomic mass is 16.3. The van der Waals surface area contributed by atoms with Gasteiger partial charge in [0.15, 0.2) is 0 Å². The van der Waals surface area contributed by atoms with Crippen LogP contribution in [0.4, 0.5) is 5.95 Å². The van der Waals surface area contributed by atoms with E-state index in [2.05, 4.69) is 15.2 Å². The van der Waals surface area contributed by atoms with Gasteiger partial charge in [-0.2, -0.15) is 4.98 Å².